The molecule has 18 heavy (non-hydrogen) atoms. The molecule has 1 fully saturated rings. The first-order valence-electron chi connectivity index (χ1n) is 5.86. The van der Waals surface area contributed by atoms with Crippen molar-refractivity contribution >= 4 is 27.5 Å². The van der Waals surface area contributed by atoms with E-state index >= 15 is 0 Å². The molecule has 0 aromatic heterocycles. The van der Waals surface area contributed by atoms with Crippen molar-refractivity contribution in [2.45, 2.75) is 25.3 Å². The van der Waals surface area contributed by atoms with Crippen LogP contribution >= 0.6 is 15.9 Å². The largest absolute Gasteiger partial charge is 0.398 e. The number of nitrogens with two attached hydrogens (primary N) is 1. The highest BCUT2D eigenvalue weighted by Crippen LogP contribution is 2.30. The maximum Gasteiger partial charge on any atom is 0.256 e. The maximum absolute atomic E-state index is 12.4. The predicted molar refractivity (Wildman–Crippen MR) is 72.8 cm³/mol. The fourth-order valence-electron chi connectivity index (χ4n) is 1.88. The number of hydrogen-bond donors (Lipinski definition) is 1. The Morgan fingerprint density at radius 2 is 2.28 bits per heavy atom. The van der Waals surface area contributed by atoms with Gasteiger partial charge in [-0.3, -0.25) is 4.79 Å². The van der Waals surface area contributed by atoms with Gasteiger partial charge in [0.05, 0.1) is 18.1 Å². The van der Waals surface area contributed by atoms with Gasteiger partial charge in [0, 0.05) is 22.7 Å². The Kier molecular flexibility index (Phi) is 3.87. The summed E-state index contributed by atoms with van der Waals surface area (Å²) in [7, 11) is 0. The van der Waals surface area contributed by atoms with Gasteiger partial charge in [0.2, 0.25) is 0 Å². The molecule has 0 unspecified atom stereocenters. The van der Waals surface area contributed by atoms with E-state index in [0.717, 1.165) is 17.3 Å². The molecular formula is C13H14BrN3O. The molecule has 0 saturated heterocycles. The van der Waals surface area contributed by atoms with Crippen molar-refractivity contribution in [1.29, 1.82) is 5.26 Å². The van der Waals surface area contributed by atoms with E-state index in [9.17, 15) is 4.79 Å². The second-order valence-corrected chi connectivity index (χ2v) is 5.29. The Morgan fingerprint density at radius 3 is 2.89 bits per heavy atom. The topological polar surface area (TPSA) is 70.1 Å². The van der Waals surface area contributed by atoms with Gasteiger partial charge >= 0.3 is 0 Å². The number of anilines is 1. The number of carbonyl (C=O) groups is 1. The lowest BCUT2D eigenvalue weighted by Gasteiger charge is -2.22. The number of amides is 1. The van der Waals surface area contributed by atoms with Gasteiger partial charge in [-0.2, -0.15) is 5.26 Å². The second-order valence-electron chi connectivity index (χ2n) is 4.37. The van der Waals surface area contributed by atoms with Gasteiger partial charge in [0.1, 0.15) is 0 Å². The molecule has 0 heterocycles. The highest BCUT2D eigenvalue weighted by Gasteiger charge is 2.33. The van der Waals surface area contributed by atoms with Crippen LogP contribution in [0.25, 0.3) is 0 Å². The Morgan fingerprint density at radius 1 is 1.56 bits per heavy atom. The standard InChI is InChI=1S/C13H14BrN3O/c14-9-2-5-12(16)11(8-9)13(18)17(7-1-6-15)10-3-4-10/h2,5,8,10H,1,3-4,7,16H2. The van der Waals surface area contributed by atoms with Crippen molar-refractivity contribution in [2.24, 2.45) is 0 Å². The summed E-state index contributed by atoms with van der Waals surface area (Å²) in [6.07, 6.45) is 2.40. The summed E-state index contributed by atoms with van der Waals surface area (Å²) < 4.78 is 0.830. The molecule has 0 atom stereocenters. The van der Waals surface area contributed by atoms with Crippen molar-refractivity contribution < 1.29 is 4.79 Å². The zero-order valence-electron chi connectivity index (χ0n) is 9.90. The van der Waals surface area contributed by atoms with E-state index in [1.165, 1.54) is 0 Å². The maximum atomic E-state index is 12.4. The van der Waals surface area contributed by atoms with Gasteiger partial charge in [-0.1, -0.05) is 15.9 Å². The summed E-state index contributed by atoms with van der Waals surface area (Å²) in [4.78, 5) is 14.2. The molecule has 0 radical (unpaired) electrons. The van der Waals surface area contributed by atoms with E-state index in [0.29, 0.717) is 24.2 Å². The van der Waals surface area contributed by atoms with E-state index < -0.39 is 0 Å². The van der Waals surface area contributed by atoms with Crippen LogP contribution < -0.4 is 5.73 Å². The highest BCUT2D eigenvalue weighted by molar-refractivity contribution is 9.10. The van der Waals surface area contributed by atoms with E-state index in [4.69, 9.17) is 11.0 Å². The van der Waals surface area contributed by atoms with Crippen LogP contribution in [0.5, 0.6) is 0 Å². The van der Waals surface area contributed by atoms with Crippen molar-refractivity contribution in [3.63, 3.8) is 0 Å². The fourth-order valence-corrected chi connectivity index (χ4v) is 2.24. The second kappa shape index (κ2) is 5.40. The van der Waals surface area contributed by atoms with Crippen molar-refractivity contribution in [1.82, 2.24) is 4.90 Å². The zero-order chi connectivity index (χ0) is 13.1. The van der Waals surface area contributed by atoms with Crippen molar-refractivity contribution in [3.8, 4) is 6.07 Å². The smallest absolute Gasteiger partial charge is 0.256 e. The normalized spacial score (nSPS) is 14.0. The molecule has 5 heteroatoms. The Balaban J connectivity index is 2.22. The molecular weight excluding hydrogens is 294 g/mol. The van der Waals surface area contributed by atoms with Crippen LogP contribution in [0, 0.1) is 11.3 Å². The Hall–Kier alpha value is -1.54. The number of nitrogens with zero attached hydrogens (tertiary/aromatic N) is 2. The van der Waals surface area contributed by atoms with Gasteiger partial charge in [-0.25, -0.2) is 0 Å². The van der Waals surface area contributed by atoms with E-state index in [2.05, 4.69) is 22.0 Å². The number of rotatable bonds is 4. The van der Waals surface area contributed by atoms with Gasteiger partial charge in [-0.15, -0.1) is 0 Å². The summed E-state index contributed by atoms with van der Waals surface area (Å²) in [6.45, 7) is 0.478. The third-order valence-corrected chi connectivity index (χ3v) is 3.45. The summed E-state index contributed by atoms with van der Waals surface area (Å²) in [5.41, 5.74) is 6.83. The lowest BCUT2D eigenvalue weighted by atomic mass is 10.1. The first-order chi connectivity index (χ1) is 8.63. The molecule has 0 bridgehead atoms. The summed E-state index contributed by atoms with van der Waals surface area (Å²) >= 11 is 3.34. The Bertz CT molecular complexity index is 505. The van der Waals surface area contributed by atoms with Gasteiger partial charge in [0.15, 0.2) is 0 Å². The van der Waals surface area contributed by atoms with Gasteiger partial charge in [-0.05, 0) is 31.0 Å². The quantitative estimate of drug-likeness (QED) is 0.869. The molecule has 1 aliphatic carbocycles. The van der Waals surface area contributed by atoms with Crippen LogP contribution in [0.2, 0.25) is 0 Å². The molecule has 0 aliphatic heterocycles. The van der Waals surface area contributed by atoms with Gasteiger partial charge in [0.25, 0.3) is 5.91 Å². The van der Waals surface area contributed by atoms with Crippen LogP contribution in [0.15, 0.2) is 22.7 Å². The van der Waals surface area contributed by atoms with E-state index in [-0.39, 0.29) is 11.9 Å². The number of nitriles is 1. The van der Waals surface area contributed by atoms with Crippen LogP contribution in [-0.2, 0) is 0 Å². The molecule has 4 nitrogen and oxygen atoms in total. The minimum atomic E-state index is -0.0773. The third-order valence-electron chi connectivity index (χ3n) is 2.96. The van der Waals surface area contributed by atoms with Crippen LogP contribution in [0.4, 0.5) is 5.69 Å². The first-order valence-corrected chi connectivity index (χ1v) is 6.65. The number of carbonyl (C=O) groups excluding carboxylic acids is 1. The lowest BCUT2D eigenvalue weighted by molar-refractivity contribution is 0.0748. The first kappa shape index (κ1) is 12.9. The summed E-state index contributed by atoms with van der Waals surface area (Å²) in [6, 6.07) is 7.62. The molecule has 1 aromatic carbocycles. The lowest BCUT2D eigenvalue weighted by Crippen LogP contribution is -2.34. The van der Waals surface area contributed by atoms with E-state index in [1.54, 1.807) is 17.0 Å². The minimum absolute atomic E-state index is 0.0773. The average Bonchev–Trinajstić information content (AvgIpc) is 3.17. The highest BCUT2D eigenvalue weighted by atomic mass is 79.9. The SMILES string of the molecule is N#CCCN(C(=O)c1cc(Br)ccc1N)C1CC1. The van der Waals surface area contributed by atoms with Gasteiger partial charge < -0.3 is 10.6 Å². The zero-order valence-corrected chi connectivity index (χ0v) is 11.5. The third kappa shape index (κ3) is 2.82. The fraction of sp³-hybridized carbons (Fsp3) is 0.385. The summed E-state index contributed by atoms with van der Waals surface area (Å²) in [5.74, 6) is -0.0773. The molecule has 1 saturated carbocycles. The van der Waals surface area contributed by atoms with Crippen LogP contribution in [0.1, 0.15) is 29.6 Å². The number of benzene rings is 1. The van der Waals surface area contributed by atoms with Crippen LogP contribution in [-0.4, -0.2) is 23.4 Å². The van der Waals surface area contributed by atoms with E-state index in [1.807, 2.05) is 6.07 Å². The number of hydrogen-bond acceptors (Lipinski definition) is 3. The monoisotopic (exact) mass is 307 g/mol. The van der Waals surface area contributed by atoms with Crippen LogP contribution in [0.3, 0.4) is 0 Å². The predicted octanol–water partition coefficient (Wildman–Crippen LogP) is 2.55. The summed E-state index contributed by atoms with van der Waals surface area (Å²) in [5, 5.41) is 8.65. The number of nitrogen functional groups attached to an aromatic ring is 1. The average molecular weight is 308 g/mol. The van der Waals surface area contributed by atoms with Crippen molar-refractivity contribution in [2.75, 3.05) is 12.3 Å². The molecule has 1 amide bonds. The molecule has 94 valence electrons. The van der Waals surface area contributed by atoms with Crippen molar-refractivity contribution in [3.05, 3.63) is 28.2 Å². The molecule has 2 N–H and O–H groups in total. The molecule has 0 spiro atoms. The Labute approximate surface area is 115 Å². The molecule has 2 rings (SSSR count). The number of halogens is 1. The minimum Gasteiger partial charge on any atom is -0.398 e. The molecule has 1 aliphatic rings. The molecule has 1 aromatic rings.